The highest BCUT2D eigenvalue weighted by atomic mass is 35.5. The van der Waals surface area contributed by atoms with Crippen molar-refractivity contribution in [2.75, 3.05) is 13.1 Å². The second-order valence-corrected chi connectivity index (χ2v) is 6.71. The first kappa shape index (κ1) is 14.3. The van der Waals surface area contributed by atoms with Crippen LogP contribution >= 0.6 is 11.6 Å². The normalized spacial score (nSPS) is 18.2. The Morgan fingerprint density at radius 1 is 1.37 bits per heavy atom. The van der Waals surface area contributed by atoms with Crippen molar-refractivity contribution in [3.05, 3.63) is 28.8 Å². The molecule has 102 valence electrons. The number of nitriles is 1. The highest BCUT2D eigenvalue weighted by Gasteiger charge is 2.30. The maximum Gasteiger partial charge on any atom is 0.244 e. The summed E-state index contributed by atoms with van der Waals surface area (Å²) in [6, 6.07) is 6.06. The van der Waals surface area contributed by atoms with Crippen molar-refractivity contribution in [2.24, 2.45) is 0 Å². The molecule has 1 N–H and O–H groups in total. The van der Waals surface area contributed by atoms with Crippen molar-refractivity contribution >= 4 is 21.6 Å². The van der Waals surface area contributed by atoms with Gasteiger partial charge in [-0.1, -0.05) is 11.6 Å². The Bertz CT molecular complexity index is 616. The van der Waals surface area contributed by atoms with E-state index in [1.165, 1.54) is 22.5 Å². The van der Waals surface area contributed by atoms with Gasteiger partial charge in [-0.25, -0.2) is 8.42 Å². The number of aliphatic hydroxyl groups is 1. The summed E-state index contributed by atoms with van der Waals surface area (Å²) in [7, 11) is -3.71. The number of hydrogen-bond acceptors (Lipinski definition) is 4. The molecule has 0 bridgehead atoms. The van der Waals surface area contributed by atoms with Crippen LogP contribution in [0.4, 0.5) is 0 Å². The second-order valence-electron chi connectivity index (χ2n) is 4.39. The molecule has 2 rings (SSSR count). The van der Waals surface area contributed by atoms with Crippen molar-refractivity contribution in [1.29, 1.82) is 5.26 Å². The summed E-state index contributed by atoms with van der Waals surface area (Å²) >= 11 is 5.92. The Hall–Kier alpha value is -1.13. The van der Waals surface area contributed by atoms with E-state index in [4.69, 9.17) is 16.9 Å². The fraction of sp³-hybridized carbons (Fsp3) is 0.417. The van der Waals surface area contributed by atoms with Crippen molar-refractivity contribution in [3.8, 4) is 6.07 Å². The molecule has 0 amide bonds. The standard InChI is InChI=1S/C12H13ClN2O3S/c13-11-2-1-9(8-14)7-12(11)19(17,18)15-5-3-10(16)4-6-15/h1-2,7,10,16H,3-6H2. The van der Waals surface area contributed by atoms with E-state index in [0.29, 0.717) is 12.8 Å². The molecule has 0 saturated carbocycles. The third-order valence-electron chi connectivity index (χ3n) is 3.10. The highest BCUT2D eigenvalue weighted by molar-refractivity contribution is 7.89. The molecule has 1 fully saturated rings. The van der Waals surface area contributed by atoms with Gasteiger partial charge in [-0.15, -0.1) is 0 Å². The van der Waals surface area contributed by atoms with E-state index in [9.17, 15) is 13.5 Å². The minimum atomic E-state index is -3.71. The first-order chi connectivity index (χ1) is 8.95. The monoisotopic (exact) mass is 300 g/mol. The molecule has 7 heteroatoms. The summed E-state index contributed by atoms with van der Waals surface area (Å²) in [5, 5.41) is 18.3. The molecule has 0 spiro atoms. The van der Waals surface area contributed by atoms with E-state index in [2.05, 4.69) is 0 Å². The lowest BCUT2D eigenvalue weighted by atomic mass is 10.1. The van der Waals surface area contributed by atoms with E-state index < -0.39 is 16.1 Å². The topological polar surface area (TPSA) is 81.4 Å². The van der Waals surface area contributed by atoms with Gasteiger partial charge in [0.25, 0.3) is 0 Å². The van der Waals surface area contributed by atoms with Gasteiger partial charge in [0, 0.05) is 13.1 Å². The zero-order valence-electron chi connectivity index (χ0n) is 10.1. The van der Waals surface area contributed by atoms with Crippen LogP contribution in [0.25, 0.3) is 0 Å². The first-order valence-corrected chi connectivity index (χ1v) is 7.65. The number of benzene rings is 1. The number of hydrogen-bond donors (Lipinski definition) is 1. The number of nitrogens with zero attached hydrogens (tertiary/aromatic N) is 2. The smallest absolute Gasteiger partial charge is 0.244 e. The van der Waals surface area contributed by atoms with Gasteiger partial charge < -0.3 is 5.11 Å². The number of sulfonamides is 1. The largest absolute Gasteiger partial charge is 0.393 e. The van der Waals surface area contributed by atoms with Gasteiger partial charge in [-0.2, -0.15) is 9.57 Å². The van der Waals surface area contributed by atoms with Crippen LogP contribution in [-0.2, 0) is 10.0 Å². The summed E-state index contributed by atoms with van der Waals surface area (Å²) in [6.07, 6.45) is 0.371. The van der Waals surface area contributed by atoms with Crippen LogP contribution in [0.5, 0.6) is 0 Å². The van der Waals surface area contributed by atoms with Crippen LogP contribution in [0.1, 0.15) is 18.4 Å². The lowest BCUT2D eigenvalue weighted by Gasteiger charge is -2.29. The molecule has 0 unspecified atom stereocenters. The molecule has 19 heavy (non-hydrogen) atoms. The van der Waals surface area contributed by atoms with Crippen LogP contribution in [0, 0.1) is 11.3 Å². The molecule has 1 aromatic carbocycles. The molecule has 0 atom stereocenters. The van der Waals surface area contributed by atoms with Crippen LogP contribution < -0.4 is 0 Å². The molecule has 5 nitrogen and oxygen atoms in total. The fourth-order valence-corrected chi connectivity index (χ4v) is 3.96. The van der Waals surface area contributed by atoms with Crippen LogP contribution in [0.15, 0.2) is 23.1 Å². The van der Waals surface area contributed by atoms with Crippen molar-refractivity contribution in [2.45, 2.75) is 23.8 Å². The molecule has 0 aliphatic carbocycles. The minimum Gasteiger partial charge on any atom is -0.393 e. The Balaban J connectivity index is 2.37. The molecule has 1 aliphatic rings. The Kier molecular flexibility index (Phi) is 4.11. The molecular weight excluding hydrogens is 288 g/mol. The van der Waals surface area contributed by atoms with Gasteiger partial charge in [0.1, 0.15) is 4.90 Å². The zero-order valence-corrected chi connectivity index (χ0v) is 11.7. The van der Waals surface area contributed by atoms with Gasteiger partial charge in [-0.05, 0) is 31.0 Å². The van der Waals surface area contributed by atoms with Crippen molar-refractivity contribution in [1.82, 2.24) is 4.31 Å². The predicted octanol–water partition coefficient (Wildman–Crippen LogP) is 1.36. The maximum atomic E-state index is 12.4. The van der Waals surface area contributed by atoms with E-state index in [1.807, 2.05) is 6.07 Å². The minimum absolute atomic E-state index is 0.0513. The number of halogens is 1. The quantitative estimate of drug-likeness (QED) is 0.894. The third kappa shape index (κ3) is 2.90. The summed E-state index contributed by atoms with van der Waals surface area (Å²) in [5.74, 6) is 0. The lowest BCUT2D eigenvalue weighted by Crippen LogP contribution is -2.40. The average molecular weight is 301 g/mol. The molecular formula is C12H13ClN2O3S. The van der Waals surface area contributed by atoms with E-state index in [0.717, 1.165) is 0 Å². The van der Waals surface area contributed by atoms with E-state index in [1.54, 1.807) is 0 Å². The maximum absolute atomic E-state index is 12.4. The zero-order chi connectivity index (χ0) is 14.0. The van der Waals surface area contributed by atoms with Crippen molar-refractivity contribution in [3.63, 3.8) is 0 Å². The highest BCUT2D eigenvalue weighted by Crippen LogP contribution is 2.27. The summed E-state index contributed by atoms with van der Waals surface area (Å²) in [6.45, 7) is 0.521. The van der Waals surface area contributed by atoms with Gasteiger partial charge >= 0.3 is 0 Å². The van der Waals surface area contributed by atoms with Crippen LogP contribution in [0.3, 0.4) is 0 Å². The van der Waals surface area contributed by atoms with Gasteiger partial charge in [0.15, 0.2) is 0 Å². The molecule has 1 aromatic rings. The van der Waals surface area contributed by atoms with Gasteiger partial charge in [0.05, 0.1) is 22.8 Å². The van der Waals surface area contributed by atoms with Gasteiger partial charge in [-0.3, -0.25) is 0 Å². The summed E-state index contributed by atoms with van der Waals surface area (Å²) in [4.78, 5) is -0.0513. The predicted molar refractivity (Wildman–Crippen MR) is 70.2 cm³/mol. The SMILES string of the molecule is N#Cc1ccc(Cl)c(S(=O)(=O)N2CCC(O)CC2)c1. The Morgan fingerprint density at radius 2 is 2.00 bits per heavy atom. The third-order valence-corrected chi connectivity index (χ3v) is 5.48. The van der Waals surface area contributed by atoms with Crippen molar-refractivity contribution < 1.29 is 13.5 Å². The van der Waals surface area contributed by atoms with Crippen LogP contribution in [-0.4, -0.2) is 37.0 Å². The lowest BCUT2D eigenvalue weighted by molar-refractivity contribution is 0.113. The fourth-order valence-electron chi connectivity index (χ4n) is 1.99. The van der Waals surface area contributed by atoms with E-state index in [-0.39, 0.29) is 28.6 Å². The Morgan fingerprint density at radius 3 is 2.58 bits per heavy atom. The number of rotatable bonds is 2. The average Bonchev–Trinajstić information content (AvgIpc) is 2.39. The molecule has 0 aromatic heterocycles. The summed E-state index contributed by atoms with van der Waals surface area (Å²) < 4.78 is 26.2. The van der Waals surface area contributed by atoms with Gasteiger partial charge in [0.2, 0.25) is 10.0 Å². The van der Waals surface area contributed by atoms with Crippen LogP contribution in [0.2, 0.25) is 5.02 Å². The summed E-state index contributed by atoms with van der Waals surface area (Å²) in [5.41, 5.74) is 0.250. The molecule has 1 saturated heterocycles. The molecule has 0 radical (unpaired) electrons. The number of aliphatic hydroxyl groups excluding tert-OH is 1. The number of piperidine rings is 1. The molecule has 1 aliphatic heterocycles. The Labute approximate surface area is 117 Å². The first-order valence-electron chi connectivity index (χ1n) is 5.83. The molecule has 1 heterocycles. The van der Waals surface area contributed by atoms with E-state index >= 15 is 0 Å². The second kappa shape index (κ2) is 5.47.